The lowest BCUT2D eigenvalue weighted by Crippen LogP contribution is -2.41. The maximum Gasteiger partial charge on any atom is 0.355 e. The lowest BCUT2D eigenvalue weighted by molar-refractivity contribution is -0.139. The summed E-state index contributed by atoms with van der Waals surface area (Å²) in [6.45, 7) is 0. The number of ether oxygens (including phenoxy) is 4. The van der Waals surface area contributed by atoms with E-state index in [1.54, 1.807) is 30.3 Å². The summed E-state index contributed by atoms with van der Waals surface area (Å²) < 4.78 is 20.2. The van der Waals surface area contributed by atoms with Crippen molar-refractivity contribution in [2.24, 2.45) is 5.73 Å². The first kappa shape index (κ1) is 24.9. The number of methoxy groups -OCH3 is 4. The highest BCUT2D eigenvalue weighted by Gasteiger charge is 2.43. The van der Waals surface area contributed by atoms with E-state index in [9.17, 15) is 19.6 Å². The molecular weight excluding hydrogens is 454 g/mol. The second-order valence-corrected chi connectivity index (χ2v) is 7.21. The van der Waals surface area contributed by atoms with Gasteiger partial charge in [0.1, 0.15) is 17.3 Å². The summed E-state index contributed by atoms with van der Waals surface area (Å²) in [5.41, 5.74) is 6.97. The third kappa shape index (κ3) is 4.39. The molecule has 2 N–H and O–H groups in total. The summed E-state index contributed by atoms with van der Waals surface area (Å²) in [5, 5.41) is 10.1. The van der Waals surface area contributed by atoms with E-state index in [0.717, 1.165) is 14.2 Å². The molecule has 0 bridgehead atoms. The van der Waals surface area contributed by atoms with Gasteiger partial charge in [0.25, 0.3) is 0 Å². The molecule has 0 amide bonds. The molecule has 1 unspecified atom stereocenters. The van der Waals surface area contributed by atoms with Crippen LogP contribution in [0.2, 0.25) is 0 Å². The highest BCUT2D eigenvalue weighted by atomic mass is 16.5. The Balaban J connectivity index is 2.41. The average Bonchev–Trinajstić information content (AvgIpc) is 2.91. The van der Waals surface area contributed by atoms with E-state index in [1.807, 2.05) is 0 Å². The number of allylic oxidation sites excluding steroid dienone is 1. The topological polar surface area (TPSA) is 141 Å². The van der Waals surface area contributed by atoms with E-state index < -0.39 is 23.8 Å². The fraction of sp³-hybridized carbons (Fsp3) is 0.200. The van der Waals surface area contributed by atoms with E-state index >= 15 is 0 Å². The molecule has 0 saturated carbocycles. The standard InChI is InChI=1S/C25H23N3O7/c1-32-18-12-15(23(29)33-2)10-11-17(18)28-21(25(31)35-4)20(24(30)34-3)19(16(13-26)22(28)27)14-8-6-5-7-9-14/h5-12,19H,27H2,1-4H3. The third-order valence-corrected chi connectivity index (χ3v) is 5.45. The molecule has 3 rings (SSSR count). The van der Waals surface area contributed by atoms with Gasteiger partial charge in [-0.15, -0.1) is 0 Å². The van der Waals surface area contributed by atoms with Crippen LogP contribution >= 0.6 is 0 Å². The van der Waals surface area contributed by atoms with Crippen LogP contribution < -0.4 is 15.4 Å². The van der Waals surface area contributed by atoms with Gasteiger partial charge in [-0.05, 0) is 23.8 Å². The quantitative estimate of drug-likeness (QED) is 0.487. The van der Waals surface area contributed by atoms with Crippen molar-refractivity contribution in [3.63, 3.8) is 0 Å². The van der Waals surface area contributed by atoms with Gasteiger partial charge in [-0.2, -0.15) is 5.26 Å². The molecule has 0 radical (unpaired) electrons. The average molecular weight is 477 g/mol. The number of hydrogen-bond donors (Lipinski definition) is 1. The zero-order valence-corrected chi connectivity index (χ0v) is 19.5. The van der Waals surface area contributed by atoms with Crippen molar-refractivity contribution in [3.8, 4) is 11.8 Å². The van der Waals surface area contributed by atoms with Crippen molar-refractivity contribution in [1.82, 2.24) is 0 Å². The van der Waals surface area contributed by atoms with Crippen LogP contribution in [0.15, 0.2) is 71.2 Å². The second-order valence-electron chi connectivity index (χ2n) is 7.21. The fourth-order valence-corrected chi connectivity index (χ4v) is 3.87. The Labute approximate surface area is 201 Å². The molecule has 10 nitrogen and oxygen atoms in total. The van der Waals surface area contributed by atoms with Crippen LogP contribution in [0.25, 0.3) is 0 Å². The first-order chi connectivity index (χ1) is 16.8. The molecule has 0 aliphatic carbocycles. The van der Waals surface area contributed by atoms with Gasteiger partial charge in [-0.3, -0.25) is 4.90 Å². The van der Waals surface area contributed by atoms with E-state index in [0.29, 0.717) is 5.56 Å². The van der Waals surface area contributed by atoms with Gasteiger partial charge < -0.3 is 24.7 Å². The van der Waals surface area contributed by atoms with Crippen LogP contribution in [0, 0.1) is 11.3 Å². The Morgan fingerprint density at radius 3 is 2.09 bits per heavy atom. The lowest BCUT2D eigenvalue weighted by Gasteiger charge is -2.36. The normalized spacial score (nSPS) is 15.3. The minimum atomic E-state index is -1.00. The van der Waals surface area contributed by atoms with Crippen molar-refractivity contribution in [2.75, 3.05) is 33.3 Å². The first-order valence-electron chi connectivity index (χ1n) is 10.3. The van der Waals surface area contributed by atoms with Gasteiger partial charge in [0.15, 0.2) is 0 Å². The van der Waals surface area contributed by atoms with Crippen molar-refractivity contribution in [3.05, 3.63) is 82.3 Å². The highest BCUT2D eigenvalue weighted by Crippen LogP contribution is 2.45. The maximum atomic E-state index is 13.1. The molecule has 0 aromatic heterocycles. The smallest absolute Gasteiger partial charge is 0.355 e. The van der Waals surface area contributed by atoms with Crippen LogP contribution in [-0.2, 0) is 23.8 Å². The summed E-state index contributed by atoms with van der Waals surface area (Å²) >= 11 is 0. The van der Waals surface area contributed by atoms with Crippen LogP contribution in [0.1, 0.15) is 21.8 Å². The number of rotatable bonds is 6. The van der Waals surface area contributed by atoms with E-state index in [-0.39, 0.29) is 39.7 Å². The maximum absolute atomic E-state index is 13.1. The molecule has 1 aliphatic rings. The van der Waals surface area contributed by atoms with Gasteiger partial charge in [-0.1, -0.05) is 30.3 Å². The zero-order chi connectivity index (χ0) is 25.7. The number of carbonyl (C=O) groups excluding carboxylic acids is 3. The highest BCUT2D eigenvalue weighted by molar-refractivity contribution is 6.06. The molecule has 2 aromatic rings. The molecule has 1 heterocycles. The lowest BCUT2D eigenvalue weighted by atomic mass is 9.81. The minimum absolute atomic E-state index is 0.00310. The molecular formula is C25H23N3O7. The number of carbonyl (C=O) groups is 3. The molecule has 180 valence electrons. The van der Waals surface area contributed by atoms with Gasteiger partial charge in [0, 0.05) is 0 Å². The number of esters is 3. The van der Waals surface area contributed by atoms with Gasteiger partial charge >= 0.3 is 17.9 Å². The summed E-state index contributed by atoms with van der Waals surface area (Å²) in [4.78, 5) is 39.4. The number of nitriles is 1. The van der Waals surface area contributed by atoms with Crippen molar-refractivity contribution in [2.45, 2.75) is 5.92 Å². The van der Waals surface area contributed by atoms with Gasteiger partial charge in [0.05, 0.1) is 62.8 Å². The van der Waals surface area contributed by atoms with E-state index in [1.165, 1.54) is 37.3 Å². The largest absolute Gasteiger partial charge is 0.495 e. The van der Waals surface area contributed by atoms with Gasteiger partial charge in [0.2, 0.25) is 0 Å². The fourth-order valence-electron chi connectivity index (χ4n) is 3.87. The van der Waals surface area contributed by atoms with Crippen LogP contribution in [0.4, 0.5) is 5.69 Å². The minimum Gasteiger partial charge on any atom is -0.495 e. The SMILES string of the molecule is COC(=O)C1=C(C(=O)OC)N(c2ccc(C(=O)OC)cc2OC)C(N)=C(C#N)C1c1ccccc1. The van der Waals surface area contributed by atoms with Crippen molar-refractivity contribution < 1.29 is 33.3 Å². The number of anilines is 1. The van der Waals surface area contributed by atoms with Crippen LogP contribution in [0.3, 0.4) is 0 Å². The summed E-state index contributed by atoms with van der Waals surface area (Å²) in [7, 11) is 4.90. The van der Waals surface area contributed by atoms with Crippen molar-refractivity contribution in [1.29, 1.82) is 5.26 Å². The van der Waals surface area contributed by atoms with E-state index in [4.69, 9.17) is 24.7 Å². The zero-order valence-electron chi connectivity index (χ0n) is 19.5. The molecule has 10 heteroatoms. The number of nitrogens with zero attached hydrogens (tertiary/aromatic N) is 2. The van der Waals surface area contributed by atoms with E-state index in [2.05, 4.69) is 6.07 Å². The molecule has 0 spiro atoms. The Morgan fingerprint density at radius 2 is 1.54 bits per heavy atom. The monoisotopic (exact) mass is 477 g/mol. The van der Waals surface area contributed by atoms with Crippen LogP contribution in [-0.4, -0.2) is 46.3 Å². The summed E-state index contributed by atoms with van der Waals surface area (Å²) in [6, 6.07) is 15.0. The predicted octanol–water partition coefficient (Wildman–Crippen LogP) is 2.38. The van der Waals surface area contributed by atoms with Crippen molar-refractivity contribution >= 4 is 23.6 Å². The number of nitrogens with two attached hydrogens (primary N) is 1. The molecule has 35 heavy (non-hydrogen) atoms. The number of benzene rings is 2. The number of hydrogen-bond acceptors (Lipinski definition) is 10. The Bertz CT molecular complexity index is 1280. The molecule has 0 fully saturated rings. The first-order valence-corrected chi connectivity index (χ1v) is 10.3. The Hall–Kier alpha value is -4.78. The third-order valence-electron chi connectivity index (χ3n) is 5.45. The Morgan fingerprint density at radius 1 is 0.914 bits per heavy atom. The van der Waals surface area contributed by atoms with Gasteiger partial charge in [-0.25, -0.2) is 14.4 Å². The second kappa shape index (κ2) is 10.4. The molecule has 2 aromatic carbocycles. The summed E-state index contributed by atoms with van der Waals surface area (Å²) in [6.07, 6.45) is 0. The predicted molar refractivity (Wildman–Crippen MR) is 124 cm³/mol. The summed E-state index contributed by atoms with van der Waals surface area (Å²) in [5.74, 6) is -3.37. The molecule has 0 saturated heterocycles. The van der Waals surface area contributed by atoms with Crippen LogP contribution in [0.5, 0.6) is 5.75 Å². The Kier molecular flexibility index (Phi) is 7.41. The molecule has 1 atom stereocenters. The molecule has 1 aliphatic heterocycles.